The molecule has 17 heavy (non-hydrogen) atoms. The maximum atomic E-state index is 11.1. The fraction of sp³-hybridized carbons (Fsp3) is 0.833. The van der Waals surface area contributed by atoms with Gasteiger partial charge in [0.2, 0.25) is 0 Å². The van der Waals surface area contributed by atoms with E-state index in [1.54, 1.807) is 0 Å². The van der Waals surface area contributed by atoms with E-state index in [2.05, 4.69) is 20.6 Å². The minimum Gasteiger partial charge on any atom is -0.320 e. The average molecular weight is 243 g/mol. The number of unbranched alkanes of at least 4 members (excludes halogenated alkanes) is 3. The molecule has 2 N–H and O–H groups in total. The first-order valence-electron chi connectivity index (χ1n) is 6.33. The Bertz CT molecular complexity index is 230. The van der Waals surface area contributed by atoms with Crippen molar-refractivity contribution in [2.75, 3.05) is 20.1 Å². The molecular formula is C12H25N3O2. The van der Waals surface area contributed by atoms with Crippen molar-refractivity contribution in [2.45, 2.75) is 46.0 Å². The number of nitrogens with one attached hydrogen (secondary N) is 2. The van der Waals surface area contributed by atoms with Crippen molar-refractivity contribution in [1.82, 2.24) is 10.6 Å². The van der Waals surface area contributed by atoms with Gasteiger partial charge in [-0.2, -0.15) is 0 Å². The quantitative estimate of drug-likeness (QED) is 0.283. The van der Waals surface area contributed by atoms with E-state index in [1.807, 2.05) is 20.9 Å². The van der Waals surface area contributed by atoms with E-state index in [1.165, 1.54) is 12.8 Å². The number of hydrogen-bond donors (Lipinski definition) is 2. The van der Waals surface area contributed by atoms with Gasteiger partial charge in [-0.15, -0.1) is 0 Å². The van der Waals surface area contributed by atoms with Crippen LogP contribution in [0.5, 0.6) is 0 Å². The molecule has 5 heteroatoms. The van der Waals surface area contributed by atoms with Crippen LogP contribution in [0.15, 0.2) is 5.16 Å². The molecule has 5 nitrogen and oxygen atoms in total. The zero-order valence-corrected chi connectivity index (χ0v) is 11.2. The van der Waals surface area contributed by atoms with Crippen LogP contribution < -0.4 is 10.6 Å². The summed E-state index contributed by atoms with van der Waals surface area (Å²) in [6.07, 6.45) is 4.80. The Balaban J connectivity index is 3.33. The summed E-state index contributed by atoms with van der Waals surface area (Å²) in [6.45, 7) is 5.50. The van der Waals surface area contributed by atoms with Crippen LogP contribution in [0.1, 0.15) is 46.0 Å². The van der Waals surface area contributed by atoms with Crippen molar-refractivity contribution in [2.24, 2.45) is 5.16 Å². The Hall–Kier alpha value is -1.10. The molecule has 0 aliphatic carbocycles. The monoisotopic (exact) mass is 243 g/mol. The lowest BCUT2D eigenvalue weighted by Gasteiger charge is -2.03. The second-order valence-corrected chi connectivity index (χ2v) is 4.00. The number of oxime groups is 1. The van der Waals surface area contributed by atoms with Crippen molar-refractivity contribution in [1.29, 1.82) is 0 Å². The molecule has 0 aromatic carbocycles. The van der Waals surface area contributed by atoms with E-state index in [0.29, 0.717) is 6.54 Å². The van der Waals surface area contributed by atoms with E-state index < -0.39 is 6.09 Å². The Morgan fingerprint density at radius 3 is 2.41 bits per heavy atom. The molecule has 0 heterocycles. The molecule has 0 fully saturated rings. The van der Waals surface area contributed by atoms with Gasteiger partial charge in [-0.1, -0.05) is 24.9 Å². The number of hydrogen-bond acceptors (Lipinski definition) is 4. The summed E-state index contributed by atoms with van der Waals surface area (Å²) in [5, 5.41) is 9.45. The van der Waals surface area contributed by atoms with Crippen molar-refractivity contribution in [3.8, 4) is 0 Å². The topological polar surface area (TPSA) is 62.7 Å². The summed E-state index contributed by atoms with van der Waals surface area (Å²) in [5.74, 6) is 0. The molecule has 0 saturated heterocycles. The molecule has 0 radical (unpaired) electrons. The summed E-state index contributed by atoms with van der Waals surface area (Å²) >= 11 is 0. The third-order valence-corrected chi connectivity index (χ3v) is 2.42. The molecule has 0 rings (SSSR count). The van der Waals surface area contributed by atoms with Gasteiger partial charge in [0.1, 0.15) is 0 Å². The number of amides is 1. The molecule has 0 bridgehead atoms. The van der Waals surface area contributed by atoms with E-state index in [4.69, 9.17) is 0 Å². The highest BCUT2D eigenvalue weighted by atomic mass is 16.7. The fourth-order valence-electron chi connectivity index (χ4n) is 1.19. The molecule has 0 aliphatic rings. The third kappa shape index (κ3) is 11.2. The Morgan fingerprint density at radius 2 is 1.82 bits per heavy atom. The van der Waals surface area contributed by atoms with Crippen molar-refractivity contribution in [3.63, 3.8) is 0 Å². The average Bonchev–Trinajstić information content (AvgIpc) is 2.34. The molecule has 0 aliphatic heterocycles. The standard InChI is InChI=1S/C12H25N3O2/c1-4-11(2)15-17-12(16)14-10-8-6-5-7-9-13-3/h13H,4-10H2,1-3H3,(H,14,16)/b15-11+. The van der Waals surface area contributed by atoms with E-state index in [0.717, 1.165) is 31.5 Å². The third-order valence-electron chi connectivity index (χ3n) is 2.42. The number of rotatable bonds is 9. The normalized spacial score (nSPS) is 11.4. The summed E-state index contributed by atoms with van der Waals surface area (Å²) < 4.78 is 0. The first-order chi connectivity index (χ1) is 8.20. The summed E-state index contributed by atoms with van der Waals surface area (Å²) in [7, 11) is 1.95. The Labute approximate surface area is 104 Å². The second kappa shape index (κ2) is 11.4. The number of carbonyl (C=O) groups excluding carboxylic acids is 1. The van der Waals surface area contributed by atoms with Gasteiger partial charge in [0.15, 0.2) is 0 Å². The summed E-state index contributed by atoms with van der Waals surface area (Å²) in [4.78, 5) is 15.8. The zero-order chi connectivity index (χ0) is 12.9. The lowest BCUT2D eigenvalue weighted by atomic mass is 10.2. The molecule has 0 atom stereocenters. The molecule has 0 spiro atoms. The highest BCUT2D eigenvalue weighted by Gasteiger charge is 2.00. The molecule has 0 aromatic heterocycles. The Morgan fingerprint density at radius 1 is 1.18 bits per heavy atom. The lowest BCUT2D eigenvalue weighted by molar-refractivity contribution is 0.150. The maximum Gasteiger partial charge on any atom is 0.433 e. The summed E-state index contributed by atoms with van der Waals surface area (Å²) in [5.41, 5.74) is 0.812. The smallest absolute Gasteiger partial charge is 0.320 e. The van der Waals surface area contributed by atoms with Gasteiger partial charge in [0, 0.05) is 6.54 Å². The first-order valence-corrected chi connectivity index (χ1v) is 6.33. The van der Waals surface area contributed by atoms with Crippen LogP contribution in [0.25, 0.3) is 0 Å². The first kappa shape index (κ1) is 15.9. The molecular weight excluding hydrogens is 218 g/mol. The van der Waals surface area contributed by atoms with Crippen LogP contribution in [0.4, 0.5) is 4.79 Å². The number of nitrogens with zero attached hydrogens (tertiary/aromatic N) is 1. The van der Waals surface area contributed by atoms with Crippen LogP contribution in [0.3, 0.4) is 0 Å². The van der Waals surface area contributed by atoms with Gasteiger partial charge < -0.3 is 10.6 Å². The van der Waals surface area contributed by atoms with Crippen molar-refractivity contribution < 1.29 is 9.63 Å². The fourth-order valence-corrected chi connectivity index (χ4v) is 1.19. The lowest BCUT2D eigenvalue weighted by Crippen LogP contribution is -2.24. The predicted octanol–water partition coefficient (Wildman–Crippen LogP) is 2.28. The van der Waals surface area contributed by atoms with Crippen LogP contribution in [0, 0.1) is 0 Å². The number of carbonyl (C=O) groups is 1. The molecule has 0 aromatic rings. The molecule has 0 unspecified atom stereocenters. The second-order valence-electron chi connectivity index (χ2n) is 4.00. The predicted molar refractivity (Wildman–Crippen MR) is 70.3 cm³/mol. The highest BCUT2D eigenvalue weighted by molar-refractivity contribution is 5.81. The van der Waals surface area contributed by atoms with Crippen LogP contribution in [-0.4, -0.2) is 31.9 Å². The van der Waals surface area contributed by atoms with E-state index in [-0.39, 0.29) is 0 Å². The van der Waals surface area contributed by atoms with Gasteiger partial charge in [-0.3, -0.25) is 4.84 Å². The van der Waals surface area contributed by atoms with Crippen molar-refractivity contribution in [3.05, 3.63) is 0 Å². The van der Waals surface area contributed by atoms with Gasteiger partial charge >= 0.3 is 6.09 Å². The molecule has 0 saturated carbocycles. The SMILES string of the molecule is CC/C(C)=N/OC(=O)NCCCCCCNC. The van der Waals surface area contributed by atoms with Crippen molar-refractivity contribution >= 4 is 11.8 Å². The molecule has 1 amide bonds. The highest BCUT2D eigenvalue weighted by Crippen LogP contribution is 1.97. The van der Waals surface area contributed by atoms with Crippen LogP contribution >= 0.6 is 0 Å². The van der Waals surface area contributed by atoms with Crippen LogP contribution in [0.2, 0.25) is 0 Å². The van der Waals surface area contributed by atoms with Gasteiger partial charge in [-0.25, -0.2) is 4.79 Å². The van der Waals surface area contributed by atoms with Crippen LogP contribution in [-0.2, 0) is 4.84 Å². The zero-order valence-electron chi connectivity index (χ0n) is 11.2. The van der Waals surface area contributed by atoms with Gasteiger partial charge in [0.05, 0.1) is 5.71 Å². The minimum absolute atomic E-state index is 0.465. The van der Waals surface area contributed by atoms with Gasteiger partial charge in [-0.05, 0) is 39.8 Å². The molecule has 100 valence electrons. The maximum absolute atomic E-state index is 11.1. The largest absolute Gasteiger partial charge is 0.433 e. The van der Waals surface area contributed by atoms with E-state index >= 15 is 0 Å². The Kier molecular flexibility index (Phi) is 10.7. The summed E-state index contributed by atoms with van der Waals surface area (Å²) in [6, 6.07) is 0. The minimum atomic E-state index is -0.465. The van der Waals surface area contributed by atoms with Gasteiger partial charge in [0.25, 0.3) is 0 Å². The van der Waals surface area contributed by atoms with E-state index in [9.17, 15) is 4.79 Å².